The van der Waals surface area contributed by atoms with Crippen molar-refractivity contribution in [1.29, 1.82) is 0 Å². The number of hydrogen-bond donors (Lipinski definition) is 1. The molecule has 2 N–H and O–H groups in total. The predicted molar refractivity (Wildman–Crippen MR) is 67.6 cm³/mol. The lowest BCUT2D eigenvalue weighted by atomic mass is 10.3. The minimum absolute atomic E-state index is 0.628. The first-order valence-electron chi connectivity index (χ1n) is 5.36. The Morgan fingerprint density at radius 2 is 2.13 bits per heavy atom. The number of nitrogen functional groups attached to an aromatic ring is 1. The summed E-state index contributed by atoms with van der Waals surface area (Å²) in [6.07, 6.45) is 1.17. The van der Waals surface area contributed by atoms with E-state index in [1.54, 1.807) is 0 Å². The normalized spacial score (nSPS) is 12.5. The quantitative estimate of drug-likeness (QED) is 0.614. The molecule has 1 aromatic rings. The molecule has 0 aliphatic carbocycles. The Kier molecular flexibility index (Phi) is 4.82. The number of benzene rings is 1. The van der Waals surface area contributed by atoms with E-state index in [4.69, 9.17) is 10.5 Å². The Labute approximate surface area is 96.2 Å². The summed E-state index contributed by atoms with van der Waals surface area (Å²) in [7, 11) is 0. The van der Waals surface area contributed by atoms with Crippen LogP contribution in [0.4, 0.5) is 5.69 Å². The third-order valence-corrected chi connectivity index (χ3v) is 3.46. The van der Waals surface area contributed by atoms with Gasteiger partial charge in [0.2, 0.25) is 0 Å². The largest absolute Gasteiger partial charge is 0.492 e. The van der Waals surface area contributed by atoms with Gasteiger partial charge in [0.1, 0.15) is 5.75 Å². The molecule has 3 heteroatoms. The minimum Gasteiger partial charge on any atom is -0.492 e. The molecule has 0 spiro atoms. The van der Waals surface area contributed by atoms with E-state index in [-0.39, 0.29) is 0 Å². The Morgan fingerprint density at radius 3 is 2.73 bits per heavy atom. The van der Waals surface area contributed by atoms with Crippen LogP contribution < -0.4 is 10.5 Å². The summed E-state index contributed by atoms with van der Waals surface area (Å²) < 4.78 is 5.45. The molecule has 0 radical (unpaired) electrons. The smallest absolute Gasteiger partial charge is 0.143 e. The second-order valence-corrected chi connectivity index (χ2v) is 4.98. The monoisotopic (exact) mass is 225 g/mol. The van der Waals surface area contributed by atoms with Crippen LogP contribution in [0.3, 0.4) is 0 Å². The highest BCUT2D eigenvalue weighted by molar-refractivity contribution is 7.99. The van der Waals surface area contributed by atoms with Gasteiger partial charge in [-0.05, 0) is 31.5 Å². The topological polar surface area (TPSA) is 35.2 Å². The van der Waals surface area contributed by atoms with Crippen LogP contribution in [-0.4, -0.2) is 11.9 Å². The van der Waals surface area contributed by atoms with Crippen LogP contribution in [0.1, 0.15) is 27.2 Å². The van der Waals surface area contributed by atoms with E-state index >= 15 is 0 Å². The summed E-state index contributed by atoms with van der Waals surface area (Å²) in [5.41, 5.74) is 6.52. The van der Waals surface area contributed by atoms with Crippen molar-refractivity contribution in [2.24, 2.45) is 0 Å². The number of anilines is 1. The first kappa shape index (κ1) is 12.2. The first-order chi connectivity index (χ1) is 7.17. The Hall–Kier alpha value is -0.830. The molecule has 0 fully saturated rings. The van der Waals surface area contributed by atoms with Crippen molar-refractivity contribution in [3.8, 4) is 5.75 Å². The number of nitrogens with two attached hydrogens (primary N) is 1. The molecule has 1 rings (SSSR count). The fourth-order valence-electron chi connectivity index (χ4n) is 1.18. The second kappa shape index (κ2) is 5.91. The van der Waals surface area contributed by atoms with E-state index in [1.165, 1.54) is 11.3 Å². The van der Waals surface area contributed by atoms with E-state index in [1.807, 2.05) is 30.8 Å². The molecule has 0 bridgehead atoms. The Balaban J connectivity index is 2.77. The molecule has 1 atom stereocenters. The van der Waals surface area contributed by atoms with Crippen molar-refractivity contribution in [2.75, 3.05) is 12.3 Å². The molecule has 1 aromatic carbocycles. The molecular weight excluding hydrogens is 206 g/mol. The van der Waals surface area contributed by atoms with Crippen molar-refractivity contribution < 1.29 is 4.74 Å². The van der Waals surface area contributed by atoms with Gasteiger partial charge in [0.25, 0.3) is 0 Å². The Bertz CT molecular complexity index is 314. The summed E-state index contributed by atoms with van der Waals surface area (Å²) in [5.74, 6) is 0.797. The van der Waals surface area contributed by atoms with Crippen molar-refractivity contribution in [3.63, 3.8) is 0 Å². The molecule has 0 aliphatic heterocycles. The van der Waals surface area contributed by atoms with Gasteiger partial charge in [-0.25, -0.2) is 0 Å². The zero-order chi connectivity index (χ0) is 11.3. The highest BCUT2D eigenvalue weighted by Gasteiger charge is 2.05. The van der Waals surface area contributed by atoms with Gasteiger partial charge in [0.15, 0.2) is 0 Å². The van der Waals surface area contributed by atoms with E-state index in [2.05, 4.69) is 19.9 Å². The zero-order valence-electron chi connectivity index (χ0n) is 9.62. The zero-order valence-corrected chi connectivity index (χ0v) is 10.4. The lowest BCUT2D eigenvalue weighted by Crippen LogP contribution is -1.98. The third-order valence-electron chi connectivity index (χ3n) is 2.20. The number of ether oxygens (including phenoxy) is 1. The van der Waals surface area contributed by atoms with E-state index in [0.29, 0.717) is 17.5 Å². The van der Waals surface area contributed by atoms with Crippen molar-refractivity contribution in [3.05, 3.63) is 18.2 Å². The van der Waals surface area contributed by atoms with Gasteiger partial charge in [-0.1, -0.05) is 13.8 Å². The molecule has 0 aromatic heterocycles. The summed E-state index contributed by atoms with van der Waals surface area (Å²) in [4.78, 5) is 1.22. The van der Waals surface area contributed by atoms with Gasteiger partial charge in [0, 0.05) is 10.1 Å². The standard InChI is InChI=1S/C12H19NOS/c1-4-9(3)15-10-6-7-11(13)12(8-10)14-5-2/h6-9H,4-5,13H2,1-3H3. The highest BCUT2D eigenvalue weighted by Crippen LogP contribution is 2.31. The highest BCUT2D eigenvalue weighted by atomic mass is 32.2. The number of hydrogen-bond acceptors (Lipinski definition) is 3. The van der Waals surface area contributed by atoms with Gasteiger partial charge >= 0.3 is 0 Å². The van der Waals surface area contributed by atoms with E-state index < -0.39 is 0 Å². The van der Waals surface area contributed by atoms with Crippen LogP contribution in [-0.2, 0) is 0 Å². The molecule has 0 saturated carbocycles. The second-order valence-electron chi connectivity index (χ2n) is 3.47. The fourth-order valence-corrected chi connectivity index (χ4v) is 2.14. The van der Waals surface area contributed by atoms with Crippen molar-refractivity contribution in [1.82, 2.24) is 0 Å². The van der Waals surface area contributed by atoms with Crippen LogP contribution in [0.2, 0.25) is 0 Å². The molecule has 1 unspecified atom stereocenters. The van der Waals surface area contributed by atoms with Crippen molar-refractivity contribution in [2.45, 2.75) is 37.3 Å². The number of thioether (sulfide) groups is 1. The average molecular weight is 225 g/mol. The minimum atomic E-state index is 0.628. The van der Waals surface area contributed by atoms with Crippen LogP contribution in [0.15, 0.2) is 23.1 Å². The maximum atomic E-state index is 5.80. The summed E-state index contributed by atoms with van der Waals surface area (Å²) in [6, 6.07) is 5.99. The lowest BCUT2D eigenvalue weighted by molar-refractivity contribution is 0.341. The Morgan fingerprint density at radius 1 is 1.40 bits per heavy atom. The van der Waals surface area contributed by atoms with E-state index in [9.17, 15) is 0 Å². The summed E-state index contributed by atoms with van der Waals surface area (Å²) in [5, 5.41) is 0.628. The molecule has 2 nitrogen and oxygen atoms in total. The van der Waals surface area contributed by atoms with E-state index in [0.717, 1.165) is 5.75 Å². The SMILES string of the molecule is CCOc1cc(SC(C)CC)ccc1N. The lowest BCUT2D eigenvalue weighted by Gasteiger charge is -2.11. The van der Waals surface area contributed by atoms with Gasteiger partial charge in [-0.2, -0.15) is 0 Å². The third kappa shape index (κ3) is 3.67. The van der Waals surface area contributed by atoms with Gasteiger partial charge < -0.3 is 10.5 Å². The molecule has 0 amide bonds. The maximum absolute atomic E-state index is 5.80. The molecule has 15 heavy (non-hydrogen) atoms. The molecule has 0 aliphatic rings. The van der Waals surface area contributed by atoms with Crippen LogP contribution in [0, 0.1) is 0 Å². The van der Waals surface area contributed by atoms with Crippen LogP contribution >= 0.6 is 11.8 Å². The average Bonchev–Trinajstić information content (AvgIpc) is 2.23. The summed E-state index contributed by atoms with van der Waals surface area (Å²) in [6.45, 7) is 7.04. The fraction of sp³-hybridized carbons (Fsp3) is 0.500. The summed E-state index contributed by atoms with van der Waals surface area (Å²) >= 11 is 1.86. The maximum Gasteiger partial charge on any atom is 0.143 e. The van der Waals surface area contributed by atoms with Crippen molar-refractivity contribution >= 4 is 17.4 Å². The van der Waals surface area contributed by atoms with Crippen LogP contribution in [0.5, 0.6) is 5.75 Å². The molecule has 84 valence electrons. The molecular formula is C12H19NOS. The van der Waals surface area contributed by atoms with Gasteiger partial charge in [0.05, 0.1) is 12.3 Å². The number of rotatable bonds is 5. The molecule has 0 saturated heterocycles. The molecule has 0 heterocycles. The predicted octanol–water partition coefficient (Wildman–Crippen LogP) is 3.56. The van der Waals surface area contributed by atoms with Crippen LogP contribution in [0.25, 0.3) is 0 Å². The van der Waals surface area contributed by atoms with Gasteiger partial charge in [-0.15, -0.1) is 11.8 Å². The van der Waals surface area contributed by atoms with Gasteiger partial charge in [-0.3, -0.25) is 0 Å². The first-order valence-corrected chi connectivity index (χ1v) is 6.24.